The summed E-state index contributed by atoms with van der Waals surface area (Å²) in [4.78, 5) is 63.1. The van der Waals surface area contributed by atoms with Gasteiger partial charge in [-0.2, -0.15) is 0 Å². The summed E-state index contributed by atoms with van der Waals surface area (Å²) in [6.07, 6.45) is 2.92. The molecular formula is C20H21N3O5. The molecule has 1 atom stereocenters. The monoisotopic (exact) mass is 383 g/mol. The summed E-state index contributed by atoms with van der Waals surface area (Å²) in [6.45, 7) is 2.27. The second kappa shape index (κ2) is 7.27. The van der Waals surface area contributed by atoms with Crippen molar-refractivity contribution in [3.05, 3.63) is 34.9 Å². The molecule has 1 unspecified atom stereocenters. The Bertz CT molecular complexity index is 873. The van der Waals surface area contributed by atoms with Crippen molar-refractivity contribution in [2.45, 2.75) is 38.3 Å². The highest BCUT2D eigenvalue weighted by Gasteiger charge is 2.44. The standard InChI is InChI=1S/C20H21N3O5/c24-11-12-5-7-22(8-6-12)10-13-1-2-14-15(9-13)20(28)23(19(14)27)16-3-4-17(25)21-18(16)26/h1-2,9,11-12,16H,3-8,10H2,(H,21,25,26). The molecule has 1 aromatic rings. The first kappa shape index (κ1) is 18.5. The molecule has 28 heavy (non-hydrogen) atoms. The Morgan fingerprint density at radius 2 is 1.71 bits per heavy atom. The van der Waals surface area contributed by atoms with Crippen molar-refractivity contribution in [3.8, 4) is 0 Å². The SMILES string of the molecule is O=CC1CCN(Cc2ccc3c(c2)C(=O)N(C2CCC(=O)NC2=O)C3=O)CC1. The van der Waals surface area contributed by atoms with Crippen LogP contribution in [0.15, 0.2) is 18.2 Å². The molecule has 8 nitrogen and oxygen atoms in total. The first-order valence-electron chi connectivity index (χ1n) is 9.50. The molecule has 4 amide bonds. The van der Waals surface area contributed by atoms with Gasteiger partial charge in [-0.15, -0.1) is 0 Å². The van der Waals surface area contributed by atoms with Gasteiger partial charge in [0.2, 0.25) is 11.8 Å². The summed E-state index contributed by atoms with van der Waals surface area (Å²) in [5.74, 6) is -1.86. The lowest BCUT2D eigenvalue weighted by Crippen LogP contribution is -2.54. The van der Waals surface area contributed by atoms with E-state index in [1.54, 1.807) is 12.1 Å². The Balaban J connectivity index is 1.50. The van der Waals surface area contributed by atoms with Crippen molar-refractivity contribution in [1.82, 2.24) is 15.1 Å². The van der Waals surface area contributed by atoms with E-state index in [2.05, 4.69) is 10.2 Å². The number of imide groups is 2. The molecule has 0 radical (unpaired) electrons. The summed E-state index contributed by atoms with van der Waals surface area (Å²) in [6, 6.07) is 4.22. The Morgan fingerprint density at radius 1 is 1.00 bits per heavy atom. The van der Waals surface area contributed by atoms with Crippen LogP contribution < -0.4 is 5.32 Å². The third-order valence-corrected chi connectivity index (χ3v) is 5.74. The highest BCUT2D eigenvalue weighted by Crippen LogP contribution is 2.29. The third kappa shape index (κ3) is 3.24. The fourth-order valence-electron chi connectivity index (χ4n) is 4.12. The van der Waals surface area contributed by atoms with Crippen molar-refractivity contribution >= 4 is 29.9 Å². The van der Waals surface area contributed by atoms with Crippen molar-refractivity contribution < 1.29 is 24.0 Å². The molecule has 4 rings (SSSR count). The van der Waals surface area contributed by atoms with E-state index in [1.165, 1.54) is 0 Å². The number of hydrogen-bond acceptors (Lipinski definition) is 6. The Labute approximate surface area is 161 Å². The van der Waals surface area contributed by atoms with Gasteiger partial charge >= 0.3 is 0 Å². The molecule has 0 spiro atoms. The highest BCUT2D eigenvalue weighted by molar-refractivity contribution is 6.23. The van der Waals surface area contributed by atoms with Crippen molar-refractivity contribution in [2.24, 2.45) is 5.92 Å². The van der Waals surface area contributed by atoms with E-state index >= 15 is 0 Å². The molecule has 0 bridgehead atoms. The maximum absolute atomic E-state index is 12.8. The predicted molar refractivity (Wildman–Crippen MR) is 97.2 cm³/mol. The smallest absolute Gasteiger partial charge is 0.262 e. The molecule has 3 heterocycles. The topological polar surface area (TPSA) is 104 Å². The minimum Gasteiger partial charge on any atom is -0.303 e. The summed E-state index contributed by atoms with van der Waals surface area (Å²) >= 11 is 0. The number of nitrogens with one attached hydrogen (secondary N) is 1. The largest absolute Gasteiger partial charge is 0.303 e. The lowest BCUT2D eigenvalue weighted by atomic mass is 9.98. The maximum atomic E-state index is 12.8. The van der Waals surface area contributed by atoms with Gasteiger partial charge in [0, 0.05) is 18.9 Å². The maximum Gasteiger partial charge on any atom is 0.262 e. The molecule has 1 N–H and O–H groups in total. The summed E-state index contributed by atoms with van der Waals surface area (Å²) in [5, 5.41) is 2.19. The van der Waals surface area contributed by atoms with E-state index in [0.29, 0.717) is 12.1 Å². The molecule has 2 saturated heterocycles. The Morgan fingerprint density at radius 3 is 2.39 bits per heavy atom. The molecule has 1 aromatic carbocycles. The van der Waals surface area contributed by atoms with Crippen molar-refractivity contribution in [3.63, 3.8) is 0 Å². The van der Waals surface area contributed by atoms with E-state index in [-0.39, 0.29) is 24.3 Å². The van der Waals surface area contributed by atoms with Gasteiger partial charge in [-0.1, -0.05) is 6.07 Å². The number of benzene rings is 1. The van der Waals surface area contributed by atoms with Crippen LogP contribution in [0.1, 0.15) is 52.0 Å². The molecule has 3 aliphatic heterocycles. The molecule has 0 aliphatic carbocycles. The fourth-order valence-corrected chi connectivity index (χ4v) is 4.12. The summed E-state index contributed by atoms with van der Waals surface area (Å²) in [5.41, 5.74) is 1.50. The van der Waals surface area contributed by atoms with E-state index in [0.717, 1.165) is 42.7 Å². The molecule has 2 fully saturated rings. The number of fused-ring (bicyclic) bond motifs is 1. The van der Waals surface area contributed by atoms with E-state index < -0.39 is 29.7 Å². The minimum atomic E-state index is -0.948. The van der Waals surface area contributed by atoms with Gasteiger partial charge in [-0.05, 0) is 50.0 Å². The normalized spacial score (nSPS) is 23.7. The first-order chi connectivity index (χ1) is 13.5. The van der Waals surface area contributed by atoms with E-state index in [4.69, 9.17) is 0 Å². The Kier molecular flexibility index (Phi) is 4.80. The lowest BCUT2D eigenvalue weighted by Gasteiger charge is -2.29. The fraction of sp³-hybridized carbons (Fsp3) is 0.450. The van der Waals surface area contributed by atoms with Crippen LogP contribution in [0.5, 0.6) is 0 Å². The van der Waals surface area contributed by atoms with Gasteiger partial charge in [0.05, 0.1) is 11.1 Å². The van der Waals surface area contributed by atoms with Crippen LogP contribution in [-0.2, 0) is 20.9 Å². The van der Waals surface area contributed by atoms with Crippen LogP contribution in [0.25, 0.3) is 0 Å². The van der Waals surface area contributed by atoms with Crippen LogP contribution in [0, 0.1) is 5.92 Å². The second-order valence-corrected chi connectivity index (χ2v) is 7.58. The van der Waals surface area contributed by atoms with Crippen LogP contribution in [0.3, 0.4) is 0 Å². The number of nitrogens with zero attached hydrogens (tertiary/aromatic N) is 2. The van der Waals surface area contributed by atoms with Gasteiger partial charge in [-0.25, -0.2) is 0 Å². The predicted octanol–water partition coefficient (Wildman–Crippen LogP) is 0.499. The number of likely N-dealkylation sites (tertiary alicyclic amines) is 1. The van der Waals surface area contributed by atoms with Gasteiger partial charge in [0.25, 0.3) is 11.8 Å². The zero-order valence-corrected chi connectivity index (χ0v) is 15.3. The highest BCUT2D eigenvalue weighted by atomic mass is 16.2. The molecular weight excluding hydrogens is 362 g/mol. The van der Waals surface area contributed by atoms with Crippen molar-refractivity contribution in [2.75, 3.05) is 13.1 Å². The zero-order valence-electron chi connectivity index (χ0n) is 15.3. The summed E-state index contributed by atoms with van der Waals surface area (Å²) < 4.78 is 0. The molecule has 0 aromatic heterocycles. The van der Waals surface area contributed by atoms with Crippen LogP contribution >= 0.6 is 0 Å². The molecule has 0 saturated carbocycles. The average molecular weight is 383 g/mol. The van der Waals surface area contributed by atoms with Crippen LogP contribution in [0.2, 0.25) is 0 Å². The number of amides is 4. The van der Waals surface area contributed by atoms with Crippen LogP contribution in [-0.4, -0.2) is 58.8 Å². The molecule has 3 aliphatic rings. The number of hydrogen-bond donors (Lipinski definition) is 1. The number of carbonyl (C=O) groups excluding carboxylic acids is 5. The number of aldehydes is 1. The number of piperidine rings is 2. The third-order valence-electron chi connectivity index (χ3n) is 5.74. The molecule has 146 valence electrons. The second-order valence-electron chi connectivity index (χ2n) is 7.58. The number of carbonyl (C=O) groups is 5. The van der Waals surface area contributed by atoms with Gasteiger partial charge < -0.3 is 4.79 Å². The van der Waals surface area contributed by atoms with E-state index in [9.17, 15) is 24.0 Å². The lowest BCUT2D eigenvalue weighted by molar-refractivity contribution is -0.136. The molecule has 8 heteroatoms. The van der Waals surface area contributed by atoms with Gasteiger partial charge in [-0.3, -0.25) is 34.3 Å². The summed E-state index contributed by atoms with van der Waals surface area (Å²) in [7, 11) is 0. The minimum absolute atomic E-state index is 0.103. The van der Waals surface area contributed by atoms with Gasteiger partial charge in [0.1, 0.15) is 12.3 Å². The van der Waals surface area contributed by atoms with E-state index in [1.807, 2.05) is 6.07 Å². The Hall–Kier alpha value is -2.87. The quantitative estimate of drug-likeness (QED) is 0.600. The number of rotatable bonds is 4. The van der Waals surface area contributed by atoms with Gasteiger partial charge in [0.15, 0.2) is 0 Å². The van der Waals surface area contributed by atoms with Crippen LogP contribution in [0.4, 0.5) is 0 Å². The van der Waals surface area contributed by atoms with Crippen molar-refractivity contribution in [1.29, 1.82) is 0 Å². The first-order valence-corrected chi connectivity index (χ1v) is 9.50. The average Bonchev–Trinajstić information content (AvgIpc) is 2.93. The zero-order chi connectivity index (χ0) is 19.8.